The van der Waals surface area contributed by atoms with Crippen molar-refractivity contribution in [2.45, 2.75) is 25.4 Å². The maximum absolute atomic E-state index is 10.6. The van der Waals surface area contributed by atoms with Crippen LogP contribution >= 0.6 is 0 Å². The summed E-state index contributed by atoms with van der Waals surface area (Å²) in [7, 11) is 0. The van der Waals surface area contributed by atoms with Crippen LogP contribution in [0.2, 0.25) is 0 Å². The van der Waals surface area contributed by atoms with Gasteiger partial charge in [-0.25, -0.2) is 0 Å². The van der Waals surface area contributed by atoms with Gasteiger partial charge < -0.3 is 10.2 Å². The topological polar surface area (TPSA) is 57.5 Å². The lowest BCUT2D eigenvalue weighted by Crippen LogP contribution is -2.15. The molecule has 11 heavy (non-hydrogen) atoms. The fraction of sp³-hybridized carbons (Fsp3) is 0.875. The van der Waals surface area contributed by atoms with E-state index in [0.717, 1.165) is 19.3 Å². The largest absolute Gasteiger partial charge is 0.481 e. The molecule has 2 aliphatic rings. The molecule has 2 fully saturated rings. The van der Waals surface area contributed by atoms with Crippen molar-refractivity contribution in [3.63, 3.8) is 0 Å². The number of hydrogen-bond acceptors (Lipinski definition) is 2. The second-order valence-corrected chi connectivity index (χ2v) is 3.60. The van der Waals surface area contributed by atoms with Gasteiger partial charge in [0, 0.05) is 5.92 Å². The van der Waals surface area contributed by atoms with Gasteiger partial charge in [0.25, 0.3) is 0 Å². The summed E-state index contributed by atoms with van der Waals surface area (Å²) in [5.74, 6) is -0.578. The average Bonchev–Trinajstić information content (AvgIpc) is 2.62. The fourth-order valence-electron chi connectivity index (χ4n) is 2.40. The van der Waals surface area contributed by atoms with E-state index in [1.807, 2.05) is 0 Å². The van der Waals surface area contributed by atoms with E-state index in [1.54, 1.807) is 0 Å². The van der Waals surface area contributed by atoms with E-state index >= 15 is 0 Å². The van der Waals surface area contributed by atoms with Crippen LogP contribution in [-0.4, -0.2) is 22.3 Å². The molecular formula is C8H12O3. The highest BCUT2D eigenvalue weighted by Crippen LogP contribution is 2.55. The standard InChI is InChI=1S/C8H12O3/c9-5-3-1-2-4-6(5)7(4)8(10)11/h4-7,9H,1-3H2,(H,10,11)/t4-,5?,6-,7+/m0/s1. The SMILES string of the molecule is O=C(O)[C@@H]1[C@H]2CCCC(O)[C@H]21. The van der Waals surface area contributed by atoms with Gasteiger partial charge >= 0.3 is 5.97 Å². The zero-order valence-corrected chi connectivity index (χ0v) is 6.23. The highest BCUT2D eigenvalue weighted by Gasteiger charge is 2.59. The first kappa shape index (κ1) is 7.10. The first-order valence-corrected chi connectivity index (χ1v) is 4.12. The number of hydrogen-bond donors (Lipinski definition) is 2. The second-order valence-electron chi connectivity index (χ2n) is 3.60. The molecular weight excluding hydrogens is 144 g/mol. The Balaban J connectivity index is 2.05. The van der Waals surface area contributed by atoms with E-state index in [-0.39, 0.29) is 23.9 Å². The zero-order valence-electron chi connectivity index (χ0n) is 6.23. The van der Waals surface area contributed by atoms with Crippen LogP contribution in [0.3, 0.4) is 0 Å². The van der Waals surface area contributed by atoms with Crippen LogP contribution in [0.4, 0.5) is 0 Å². The van der Waals surface area contributed by atoms with Gasteiger partial charge in [-0.15, -0.1) is 0 Å². The monoisotopic (exact) mass is 156 g/mol. The van der Waals surface area contributed by atoms with E-state index < -0.39 is 5.97 Å². The molecule has 4 atom stereocenters. The smallest absolute Gasteiger partial charge is 0.307 e. The number of carbonyl (C=O) groups is 1. The quantitative estimate of drug-likeness (QED) is 0.580. The van der Waals surface area contributed by atoms with Crippen LogP contribution < -0.4 is 0 Å². The third-order valence-corrected chi connectivity index (χ3v) is 3.00. The van der Waals surface area contributed by atoms with E-state index in [9.17, 15) is 9.90 Å². The molecule has 0 amide bonds. The van der Waals surface area contributed by atoms with Crippen molar-refractivity contribution in [2.75, 3.05) is 0 Å². The fourth-order valence-corrected chi connectivity index (χ4v) is 2.40. The molecule has 2 aliphatic carbocycles. The van der Waals surface area contributed by atoms with E-state index in [2.05, 4.69) is 0 Å². The maximum atomic E-state index is 10.6. The Morgan fingerprint density at radius 1 is 1.36 bits per heavy atom. The van der Waals surface area contributed by atoms with Crippen molar-refractivity contribution in [3.05, 3.63) is 0 Å². The molecule has 2 N–H and O–H groups in total. The summed E-state index contributed by atoms with van der Waals surface area (Å²) in [5, 5.41) is 18.1. The van der Waals surface area contributed by atoms with Crippen LogP contribution in [-0.2, 0) is 4.79 Å². The van der Waals surface area contributed by atoms with Crippen LogP contribution in [0.5, 0.6) is 0 Å². The molecule has 0 spiro atoms. The van der Waals surface area contributed by atoms with Crippen molar-refractivity contribution in [1.29, 1.82) is 0 Å². The van der Waals surface area contributed by atoms with E-state index in [1.165, 1.54) is 0 Å². The molecule has 0 aliphatic heterocycles. The predicted molar refractivity (Wildman–Crippen MR) is 38.0 cm³/mol. The Kier molecular flexibility index (Phi) is 1.42. The number of aliphatic hydroxyl groups is 1. The third-order valence-electron chi connectivity index (χ3n) is 3.00. The molecule has 2 rings (SSSR count). The molecule has 0 aromatic heterocycles. The summed E-state index contributed by atoms with van der Waals surface area (Å²) in [4.78, 5) is 10.6. The lowest BCUT2D eigenvalue weighted by Gasteiger charge is -2.13. The Morgan fingerprint density at radius 2 is 2.09 bits per heavy atom. The van der Waals surface area contributed by atoms with Crippen LogP contribution in [0.15, 0.2) is 0 Å². The van der Waals surface area contributed by atoms with Gasteiger partial charge in [0.15, 0.2) is 0 Å². The molecule has 3 nitrogen and oxygen atoms in total. The highest BCUT2D eigenvalue weighted by molar-refractivity contribution is 5.74. The van der Waals surface area contributed by atoms with Crippen molar-refractivity contribution < 1.29 is 15.0 Å². The van der Waals surface area contributed by atoms with Crippen LogP contribution in [0.25, 0.3) is 0 Å². The van der Waals surface area contributed by atoms with E-state index in [0.29, 0.717) is 0 Å². The van der Waals surface area contributed by atoms with Crippen LogP contribution in [0.1, 0.15) is 19.3 Å². The van der Waals surface area contributed by atoms with Gasteiger partial charge in [-0.2, -0.15) is 0 Å². The molecule has 0 aromatic carbocycles. The normalized spacial score (nSPS) is 48.1. The number of carboxylic acids is 1. The molecule has 62 valence electrons. The van der Waals surface area contributed by atoms with Crippen molar-refractivity contribution in [3.8, 4) is 0 Å². The van der Waals surface area contributed by atoms with Gasteiger partial charge in [-0.1, -0.05) is 6.42 Å². The number of rotatable bonds is 1. The van der Waals surface area contributed by atoms with Gasteiger partial charge in [-0.05, 0) is 18.8 Å². The molecule has 1 unspecified atom stereocenters. The molecule has 0 saturated heterocycles. The number of carboxylic acid groups (broad SMARTS) is 1. The minimum Gasteiger partial charge on any atom is -0.481 e. The molecule has 2 saturated carbocycles. The lowest BCUT2D eigenvalue weighted by molar-refractivity contribution is -0.139. The van der Waals surface area contributed by atoms with Crippen LogP contribution in [0, 0.1) is 17.8 Å². The predicted octanol–water partition coefficient (Wildman–Crippen LogP) is 0.478. The molecule has 0 radical (unpaired) electrons. The lowest BCUT2D eigenvalue weighted by atomic mass is 9.98. The summed E-state index contributed by atoms with van der Waals surface area (Å²) in [6.45, 7) is 0. The van der Waals surface area contributed by atoms with Gasteiger partial charge in [0.1, 0.15) is 0 Å². The number of aliphatic carboxylic acids is 1. The number of aliphatic hydroxyl groups excluding tert-OH is 1. The van der Waals surface area contributed by atoms with Crippen molar-refractivity contribution >= 4 is 5.97 Å². The summed E-state index contributed by atoms with van der Waals surface area (Å²) in [6.07, 6.45) is 2.45. The van der Waals surface area contributed by atoms with Crippen molar-refractivity contribution in [2.24, 2.45) is 17.8 Å². The third kappa shape index (κ3) is 0.948. The maximum Gasteiger partial charge on any atom is 0.307 e. The summed E-state index contributed by atoms with van der Waals surface area (Å²) in [5.41, 5.74) is 0. The molecule has 0 heterocycles. The second kappa shape index (κ2) is 2.21. The van der Waals surface area contributed by atoms with Gasteiger partial charge in [0.2, 0.25) is 0 Å². The number of fused-ring (bicyclic) bond motifs is 1. The first-order chi connectivity index (χ1) is 5.22. The van der Waals surface area contributed by atoms with Crippen molar-refractivity contribution in [1.82, 2.24) is 0 Å². The zero-order chi connectivity index (χ0) is 8.01. The highest BCUT2D eigenvalue weighted by atomic mass is 16.4. The Morgan fingerprint density at radius 3 is 2.64 bits per heavy atom. The Bertz CT molecular complexity index is 190. The summed E-state index contributed by atoms with van der Waals surface area (Å²) >= 11 is 0. The average molecular weight is 156 g/mol. The Labute approximate surface area is 65.0 Å². The molecule has 0 aromatic rings. The summed E-state index contributed by atoms with van der Waals surface area (Å²) in [6, 6.07) is 0. The van der Waals surface area contributed by atoms with Gasteiger partial charge in [-0.3, -0.25) is 4.79 Å². The minimum atomic E-state index is -0.721. The van der Waals surface area contributed by atoms with Gasteiger partial charge in [0.05, 0.1) is 12.0 Å². The van der Waals surface area contributed by atoms with E-state index in [4.69, 9.17) is 5.11 Å². The molecule has 0 bridgehead atoms. The molecule has 3 heteroatoms. The minimum absolute atomic E-state index is 0.0845. The Hall–Kier alpha value is -0.570. The first-order valence-electron chi connectivity index (χ1n) is 4.12. The summed E-state index contributed by atoms with van der Waals surface area (Å²) < 4.78 is 0.